The van der Waals surface area contributed by atoms with Gasteiger partial charge in [-0.3, -0.25) is 9.78 Å². The van der Waals surface area contributed by atoms with Gasteiger partial charge in [0.25, 0.3) is 5.91 Å². The molecule has 5 rings (SSSR count). The fraction of sp³-hybridized carbons (Fsp3) is 0.333. The van der Waals surface area contributed by atoms with E-state index in [1.165, 1.54) is 17.9 Å². The highest BCUT2D eigenvalue weighted by Crippen LogP contribution is 2.34. The van der Waals surface area contributed by atoms with Crippen LogP contribution >= 0.6 is 0 Å². The van der Waals surface area contributed by atoms with Crippen molar-refractivity contribution in [2.75, 3.05) is 12.4 Å². The van der Waals surface area contributed by atoms with E-state index in [9.17, 15) is 9.59 Å². The van der Waals surface area contributed by atoms with Crippen LogP contribution in [0.25, 0.3) is 0 Å². The van der Waals surface area contributed by atoms with E-state index >= 15 is 0 Å². The molecule has 1 aliphatic heterocycles. The van der Waals surface area contributed by atoms with Crippen molar-refractivity contribution < 1.29 is 23.8 Å². The summed E-state index contributed by atoms with van der Waals surface area (Å²) in [7, 11) is 1.63. The average molecular weight is 529 g/mol. The molecule has 1 aliphatic carbocycles. The summed E-state index contributed by atoms with van der Waals surface area (Å²) in [5.41, 5.74) is 3.49. The van der Waals surface area contributed by atoms with Crippen molar-refractivity contribution in [1.82, 2.24) is 9.99 Å². The minimum atomic E-state index is -0.503. The quantitative estimate of drug-likeness (QED) is 0.377. The number of anilines is 1. The number of ether oxygens (including phenoxy) is 3. The molecule has 9 nitrogen and oxygen atoms in total. The van der Waals surface area contributed by atoms with Crippen LogP contribution in [0, 0.1) is 0 Å². The van der Waals surface area contributed by atoms with E-state index in [-0.39, 0.29) is 18.6 Å². The maximum atomic E-state index is 12.8. The van der Waals surface area contributed by atoms with Crippen LogP contribution in [-0.2, 0) is 11.3 Å². The van der Waals surface area contributed by atoms with Crippen LogP contribution in [-0.4, -0.2) is 47.0 Å². The molecule has 0 saturated heterocycles. The highest BCUT2D eigenvalue weighted by Gasteiger charge is 2.31. The van der Waals surface area contributed by atoms with Crippen molar-refractivity contribution in [1.29, 1.82) is 0 Å². The molecule has 0 bridgehead atoms. The topological polar surface area (TPSA) is 102 Å². The molecular weight excluding hydrogens is 496 g/mol. The minimum Gasteiger partial charge on any atom is -0.493 e. The van der Waals surface area contributed by atoms with Gasteiger partial charge in [-0.2, -0.15) is 10.1 Å². The second-order valence-electron chi connectivity index (χ2n) is 9.60. The van der Waals surface area contributed by atoms with Crippen LogP contribution in [0.3, 0.4) is 0 Å². The Bertz CT molecular complexity index is 1340. The van der Waals surface area contributed by atoms with E-state index in [0.29, 0.717) is 34.9 Å². The van der Waals surface area contributed by atoms with Crippen LogP contribution in [0.4, 0.5) is 10.5 Å². The zero-order chi connectivity index (χ0) is 27.2. The van der Waals surface area contributed by atoms with Crippen LogP contribution < -0.4 is 14.8 Å². The zero-order valence-electron chi connectivity index (χ0n) is 22.1. The highest BCUT2D eigenvalue weighted by atomic mass is 16.6. The highest BCUT2D eigenvalue weighted by molar-refractivity contribution is 6.06. The molecular formula is C30H32N4O5. The van der Waals surface area contributed by atoms with Crippen LogP contribution in [0.1, 0.15) is 60.5 Å². The molecule has 2 aliphatic rings. The van der Waals surface area contributed by atoms with Crippen molar-refractivity contribution >= 4 is 23.4 Å². The van der Waals surface area contributed by atoms with Gasteiger partial charge in [0, 0.05) is 29.2 Å². The molecule has 1 unspecified atom stereocenters. The van der Waals surface area contributed by atoms with Crippen LogP contribution in [0.2, 0.25) is 0 Å². The number of carbonyl (C=O) groups is 2. The number of hydrogen-bond acceptors (Lipinski definition) is 7. The molecule has 1 N–H and O–H groups in total. The third kappa shape index (κ3) is 6.19. The first-order valence-electron chi connectivity index (χ1n) is 13.3. The van der Waals surface area contributed by atoms with Gasteiger partial charge in [0.05, 0.1) is 19.8 Å². The summed E-state index contributed by atoms with van der Waals surface area (Å²) in [4.78, 5) is 29.1. The molecule has 202 valence electrons. The van der Waals surface area contributed by atoms with Gasteiger partial charge < -0.3 is 19.5 Å². The van der Waals surface area contributed by atoms with Crippen molar-refractivity contribution in [3.63, 3.8) is 0 Å². The number of carbonyl (C=O) groups excluding carboxylic acids is 2. The Morgan fingerprint density at radius 3 is 2.49 bits per heavy atom. The number of cyclic esters (lactones) is 1. The van der Waals surface area contributed by atoms with Crippen molar-refractivity contribution in [3.8, 4) is 11.5 Å². The van der Waals surface area contributed by atoms with Crippen LogP contribution in [0.5, 0.6) is 11.5 Å². The van der Waals surface area contributed by atoms with Gasteiger partial charge in [-0.15, -0.1) is 0 Å². The first-order valence-corrected chi connectivity index (χ1v) is 13.3. The number of methoxy groups -OCH3 is 1. The van der Waals surface area contributed by atoms with E-state index in [0.717, 1.165) is 24.0 Å². The molecule has 2 aromatic carbocycles. The lowest BCUT2D eigenvalue weighted by Crippen LogP contribution is -2.41. The van der Waals surface area contributed by atoms with Crippen molar-refractivity contribution in [2.24, 2.45) is 5.10 Å². The number of benzene rings is 2. The van der Waals surface area contributed by atoms with E-state index in [4.69, 9.17) is 19.3 Å². The number of amides is 2. The maximum Gasteiger partial charge on any atom is 0.431 e. The first-order chi connectivity index (χ1) is 19.0. The summed E-state index contributed by atoms with van der Waals surface area (Å²) in [6.45, 7) is 2.18. The smallest absolute Gasteiger partial charge is 0.431 e. The Hall–Kier alpha value is -4.40. The molecule has 39 heavy (non-hydrogen) atoms. The number of rotatable bonds is 9. The third-order valence-corrected chi connectivity index (χ3v) is 6.90. The Morgan fingerprint density at radius 2 is 1.79 bits per heavy atom. The van der Waals surface area contributed by atoms with Gasteiger partial charge in [0.1, 0.15) is 11.8 Å². The second-order valence-corrected chi connectivity index (χ2v) is 9.60. The molecule has 3 aromatic rings. The summed E-state index contributed by atoms with van der Waals surface area (Å²) in [6.07, 6.45) is 7.34. The lowest BCUT2D eigenvalue weighted by molar-refractivity contribution is 0.0712. The lowest BCUT2D eigenvalue weighted by Gasteiger charge is -2.29. The summed E-state index contributed by atoms with van der Waals surface area (Å²) in [5, 5.41) is 8.91. The minimum absolute atomic E-state index is 0.177. The molecule has 2 heterocycles. The first kappa shape index (κ1) is 26.2. The molecule has 0 radical (unpaired) electrons. The number of aromatic nitrogens is 1. The van der Waals surface area contributed by atoms with E-state index in [2.05, 4.69) is 10.3 Å². The summed E-state index contributed by atoms with van der Waals surface area (Å²) in [5.74, 6) is 1.12. The van der Waals surface area contributed by atoms with Gasteiger partial charge in [-0.05, 0) is 80.1 Å². The largest absolute Gasteiger partial charge is 0.493 e. The predicted molar refractivity (Wildman–Crippen MR) is 147 cm³/mol. The summed E-state index contributed by atoms with van der Waals surface area (Å²) >= 11 is 0. The van der Waals surface area contributed by atoms with Gasteiger partial charge in [0.2, 0.25) is 0 Å². The van der Waals surface area contributed by atoms with Crippen molar-refractivity contribution in [2.45, 2.75) is 57.8 Å². The van der Waals surface area contributed by atoms with Crippen LogP contribution in [0.15, 0.2) is 72.1 Å². The Kier molecular flexibility index (Phi) is 8.05. The molecule has 9 heteroatoms. The van der Waals surface area contributed by atoms with E-state index in [1.807, 2.05) is 37.3 Å². The fourth-order valence-corrected chi connectivity index (χ4v) is 4.78. The normalized spacial score (nSPS) is 17.4. The average Bonchev–Trinajstić information content (AvgIpc) is 3.48. The second kappa shape index (κ2) is 12.0. The number of nitrogens with one attached hydrogen (secondary N) is 1. The third-order valence-electron chi connectivity index (χ3n) is 6.90. The standard InChI is InChI=1S/C30H32N4O5/c1-3-25-28(22-10-13-26(37-2)27(18-22)38-24-6-4-5-7-24)33-34(30(36)39-25)19-20-8-11-23(12-9-20)32-29(35)21-14-16-31-17-15-21/h8-18,24-25H,3-7,19H2,1-2H3,(H,32,35). The number of nitrogens with zero attached hydrogens (tertiary/aromatic N) is 3. The molecule has 1 saturated carbocycles. The number of hydrazone groups is 1. The number of pyridine rings is 1. The fourth-order valence-electron chi connectivity index (χ4n) is 4.78. The maximum absolute atomic E-state index is 12.8. The van der Waals surface area contributed by atoms with E-state index in [1.54, 1.807) is 43.8 Å². The lowest BCUT2D eigenvalue weighted by atomic mass is 10.0. The van der Waals surface area contributed by atoms with Gasteiger partial charge in [-0.25, -0.2) is 4.79 Å². The number of hydrogen-bond donors (Lipinski definition) is 1. The Labute approximate surface area is 227 Å². The van der Waals surface area contributed by atoms with Gasteiger partial charge >= 0.3 is 6.09 Å². The van der Waals surface area contributed by atoms with Crippen molar-refractivity contribution in [3.05, 3.63) is 83.7 Å². The van der Waals surface area contributed by atoms with Gasteiger partial charge in [0.15, 0.2) is 11.5 Å². The van der Waals surface area contributed by atoms with Gasteiger partial charge in [-0.1, -0.05) is 19.1 Å². The predicted octanol–water partition coefficient (Wildman–Crippen LogP) is 5.80. The Balaban J connectivity index is 1.33. The SMILES string of the molecule is CCC1OC(=O)N(Cc2ccc(NC(=O)c3ccncc3)cc2)N=C1c1ccc(OC)c(OC2CCCC2)c1. The molecule has 0 spiro atoms. The summed E-state index contributed by atoms with van der Waals surface area (Å²) in [6, 6.07) is 16.3. The molecule has 1 fully saturated rings. The monoisotopic (exact) mass is 528 g/mol. The Morgan fingerprint density at radius 1 is 1.05 bits per heavy atom. The summed E-state index contributed by atoms with van der Waals surface area (Å²) < 4.78 is 17.6. The molecule has 1 aromatic heterocycles. The zero-order valence-corrected chi connectivity index (χ0v) is 22.1. The van der Waals surface area contributed by atoms with E-state index < -0.39 is 12.2 Å². The molecule has 1 atom stereocenters. The molecule has 2 amide bonds.